The molecule has 0 aliphatic carbocycles. The Morgan fingerprint density at radius 3 is 2.60 bits per heavy atom. The van der Waals surface area contributed by atoms with Crippen LogP contribution in [0.4, 0.5) is 8.78 Å². The summed E-state index contributed by atoms with van der Waals surface area (Å²) in [6, 6.07) is 3.60. The van der Waals surface area contributed by atoms with Crippen LogP contribution in [-0.2, 0) is 11.8 Å². The first-order valence-corrected chi connectivity index (χ1v) is 2.76. The molecular formula is C7H5F2O. The summed E-state index contributed by atoms with van der Waals surface area (Å²) < 4.78 is 24.1. The largest absolute Gasteiger partial charge is 0.286 e. The summed E-state index contributed by atoms with van der Waals surface area (Å²) in [6.45, 7) is -0.906. The summed E-state index contributed by atoms with van der Waals surface area (Å²) >= 11 is 0. The Morgan fingerprint density at radius 1 is 1.40 bits per heavy atom. The molecule has 0 amide bonds. The quantitative estimate of drug-likeness (QED) is 0.575. The molecule has 0 unspecified atom stereocenters. The Hall–Kier alpha value is -1.12. The Labute approximate surface area is 56.9 Å². The molecule has 0 N–H and O–H groups in total. The zero-order valence-corrected chi connectivity index (χ0v) is 5.10. The van der Waals surface area contributed by atoms with Crippen LogP contribution < -0.4 is 0 Å². The number of benzene rings is 1. The van der Waals surface area contributed by atoms with Gasteiger partial charge < -0.3 is 0 Å². The fraction of sp³-hybridized carbons (Fsp3) is 0.143. The normalized spacial score (nSPS) is 9.80. The first-order valence-electron chi connectivity index (χ1n) is 2.76. The predicted octanol–water partition coefficient (Wildman–Crippen LogP) is 2.44. The van der Waals surface area contributed by atoms with E-state index in [1.54, 1.807) is 0 Å². The second kappa shape index (κ2) is 2.64. The molecular weight excluding hydrogens is 138 g/mol. The second-order valence-corrected chi connectivity index (χ2v) is 1.86. The van der Waals surface area contributed by atoms with Crippen molar-refractivity contribution in [3.8, 4) is 5.75 Å². The summed E-state index contributed by atoms with van der Waals surface area (Å²) in [5.41, 5.74) is -0.125. The van der Waals surface area contributed by atoms with Gasteiger partial charge in [-0.1, -0.05) is 12.1 Å². The van der Waals surface area contributed by atoms with E-state index in [9.17, 15) is 13.9 Å². The van der Waals surface area contributed by atoms with Crippen molar-refractivity contribution in [2.24, 2.45) is 0 Å². The lowest BCUT2D eigenvalue weighted by atomic mass is 10.2. The van der Waals surface area contributed by atoms with Gasteiger partial charge in [-0.25, -0.2) is 8.78 Å². The van der Waals surface area contributed by atoms with Crippen molar-refractivity contribution >= 4 is 0 Å². The second-order valence-electron chi connectivity index (χ2n) is 1.86. The molecule has 1 radical (unpaired) electrons. The van der Waals surface area contributed by atoms with Crippen molar-refractivity contribution in [2.45, 2.75) is 6.67 Å². The van der Waals surface area contributed by atoms with Crippen molar-refractivity contribution in [3.05, 3.63) is 29.6 Å². The van der Waals surface area contributed by atoms with Crippen molar-refractivity contribution in [3.63, 3.8) is 0 Å². The summed E-state index contributed by atoms with van der Waals surface area (Å²) in [6.07, 6.45) is 0. The van der Waals surface area contributed by atoms with E-state index >= 15 is 0 Å². The van der Waals surface area contributed by atoms with Crippen molar-refractivity contribution in [1.29, 1.82) is 0 Å². The van der Waals surface area contributed by atoms with Gasteiger partial charge in [0, 0.05) is 5.56 Å². The number of halogens is 2. The lowest BCUT2D eigenvalue weighted by Crippen LogP contribution is -1.81. The smallest absolute Gasteiger partial charge is 0.219 e. The standard InChI is InChI=1S/C7H5F2O/c8-4-5-2-1-3-6(9)7(5)10/h1-3H,4H2. The van der Waals surface area contributed by atoms with Crippen LogP contribution in [0.15, 0.2) is 18.2 Å². The van der Waals surface area contributed by atoms with Gasteiger partial charge in [-0.3, -0.25) is 5.11 Å². The van der Waals surface area contributed by atoms with Crippen LogP contribution in [0.3, 0.4) is 0 Å². The van der Waals surface area contributed by atoms with E-state index in [-0.39, 0.29) is 5.56 Å². The molecule has 0 saturated carbocycles. The summed E-state index contributed by atoms with van der Waals surface area (Å²) in [4.78, 5) is 0. The van der Waals surface area contributed by atoms with Gasteiger partial charge in [0.05, 0.1) is 0 Å². The minimum absolute atomic E-state index is 0.125. The third-order valence-corrected chi connectivity index (χ3v) is 1.19. The molecule has 1 rings (SSSR count). The fourth-order valence-corrected chi connectivity index (χ4v) is 0.659. The zero-order valence-electron chi connectivity index (χ0n) is 5.10. The van der Waals surface area contributed by atoms with Crippen molar-refractivity contribution < 1.29 is 13.9 Å². The molecule has 0 aliphatic rings. The topological polar surface area (TPSA) is 19.9 Å². The average Bonchev–Trinajstić information content (AvgIpc) is 1.95. The van der Waals surface area contributed by atoms with E-state index in [2.05, 4.69) is 0 Å². The summed E-state index contributed by atoms with van der Waals surface area (Å²) in [5.74, 6) is -1.74. The van der Waals surface area contributed by atoms with Crippen LogP contribution >= 0.6 is 0 Å². The molecule has 53 valence electrons. The first kappa shape index (κ1) is 6.99. The van der Waals surface area contributed by atoms with Crippen LogP contribution in [0, 0.1) is 5.82 Å². The van der Waals surface area contributed by atoms with Gasteiger partial charge in [0.1, 0.15) is 6.67 Å². The Morgan fingerprint density at radius 2 is 2.10 bits per heavy atom. The van der Waals surface area contributed by atoms with Gasteiger partial charge in [-0.15, -0.1) is 0 Å². The molecule has 0 fully saturated rings. The van der Waals surface area contributed by atoms with Crippen LogP contribution in [0.2, 0.25) is 0 Å². The van der Waals surface area contributed by atoms with E-state index in [0.29, 0.717) is 0 Å². The molecule has 0 aromatic heterocycles. The Kier molecular flexibility index (Phi) is 1.85. The molecule has 0 spiro atoms. The Bertz CT molecular complexity index is 235. The highest BCUT2D eigenvalue weighted by Gasteiger charge is 2.06. The molecule has 0 heterocycles. The Balaban J connectivity index is 3.14. The monoisotopic (exact) mass is 143 g/mol. The number of para-hydroxylation sites is 1. The van der Waals surface area contributed by atoms with E-state index < -0.39 is 18.2 Å². The molecule has 1 aromatic carbocycles. The van der Waals surface area contributed by atoms with E-state index in [0.717, 1.165) is 6.07 Å². The lowest BCUT2D eigenvalue weighted by molar-refractivity contribution is 0.317. The van der Waals surface area contributed by atoms with Crippen molar-refractivity contribution in [2.75, 3.05) is 0 Å². The highest BCUT2D eigenvalue weighted by atomic mass is 19.1. The SMILES string of the molecule is [O]c1c(F)cccc1CF. The summed E-state index contributed by atoms with van der Waals surface area (Å²) in [5, 5.41) is 10.6. The van der Waals surface area contributed by atoms with E-state index in [1.807, 2.05) is 0 Å². The fourth-order valence-electron chi connectivity index (χ4n) is 0.659. The molecule has 3 heteroatoms. The van der Waals surface area contributed by atoms with Crippen LogP contribution in [0.1, 0.15) is 5.56 Å². The summed E-state index contributed by atoms with van der Waals surface area (Å²) in [7, 11) is 0. The molecule has 10 heavy (non-hydrogen) atoms. The highest BCUT2D eigenvalue weighted by Crippen LogP contribution is 2.21. The highest BCUT2D eigenvalue weighted by molar-refractivity contribution is 5.32. The van der Waals surface area contributed by atoms with Gasteiger partial charge in [0.15, 0.2) is 5.82 Å². The number of rotatable bonds is 1. The number of hydrogen-bond donors (Lipinski definition) is 0. The van der Waals surface area contributed by atoms with Gasteiger partial charge in [-0.05, 0) is 6.07 Å². The number of alkyl halides is 1. The molecule has 1 nitrogen and oxygen atoms in total. The maximum absolute atomic E-state index is 12.3. The zero-order chi connectivity index (χ0) is 7.56. The third kappa shape index (κ3) is 1.07. The van der Waals surface area contributed by atoms with E-state index in [1.165, 1.54) is 12.1 Å². The maximum Gasteiger partial charge on any atom is 0.219 e. The third-order valence-electron chi connectivity index (χ3n) is 1.19. The lowest BCUT2D eigenvalue weighted by Gasteiger charge is -1.94. The first-order chi connectivity index (χ1) is 4.75. The van der Waals surface area contributed by atoms with Gasteiger partial charge >= 0.3 is 0 Å². The van der Waals surface area contributed by atoms with Crippen molar-refractivity contribution in [1.82, 2.24) is 0 Å². The van der Waals surface area contributed by atoms with Crippen LogP contribution in [0.5, 0.6) is 5.75 Å². The molecule has 0 bridgehead atoms. The minimum atomic E-state index is -0.906. The molecule has 1 aromatic rings. The predicted molar refractivity (Wildman–Crippen MR) is 31.3 cm³/mol. The maximum atomic E-state index is 12.3. The van der Waals surface area contributed by atoms with E-state index in [4.69, 9.17) is 0 Å². The molecule has 0 atom stereocenters. The average molecular weight is 143 g/mol. The van der Waals surface area contributed by atoms with Crippen LogP contribution in [0.25, 0.3) is 0 Å². The van der Waals surface area contributed by atoms with Gasteiger partial charge in [0.25, 0.3) is 0 Å². The molecule has 0 aliphatic heterocycles. The van der Waals surface area contributed by atoms with Gasteiger partial charge in [-0.2, -0.15) is 0 Å². The molecule has 0 saturated heterocycles. The minimum Gasteiger partial charge on any atom is -0.286 e. The number of hydrogen-bond acceptors (Lipinski definition) is 0. The van der Waals surface area contributed by atoms with Gasteiger partial charge in [0.2, 0.25) is 5.75 Å². The van der Waals surface area contributed by atoms with Crippen LogP contribution in [-0.4, -0.2) is 0 Å².